The summed E-state index contributed by atoms with van der Waals surface area (Å²) in [6.45, 7) is 0.435. The van der Waals surface area contributed by atoms with Crippen LogP contribution in [0.2, 0.25) is 0 Å². The molecule has 2 aromatic carbocycles. The Hall–Kier alpha value is -2.77. The number of aliphatic imine (C=N–C) groups is 1. The number of halogens is 4. The molecule has 0 aliphatic rings. The molecule has 2 aromatic rings. The molecule has 0 aromatic heterocycles. The summed E-state index contributed by atoms with van der Waals surface area (Å²) in [7, 11) is 0. The normalized spacial score (nSPS) is 12.1. The van der Waals surface area contributed by atoms with Crippen molar-refractivity contribution in [3.05, 3.63) is 59.9 Å². The molecule has 0 aliphatic heterocycles. The zero-order valence-corrected chi connectivity index (χ0v) is 13.2. The predicted molar refractivity (Wildman–Crippen MR) is 88.0 cm³/mol. The maximum atomic E-state index is 13.0. The largest absolute Gasteiger partial charge is 0.573 e. The zero-order valence-electron chi connectivity index (χ0n) is 13.2. The minimum atomic E-state index is -4.73. The fourth-order valence-electron chi connectivity index (χ4n) is 2.10. The standard InChI is InChI=1S/C17H17F4N3O/c18-13-5-1-3-12(11-13)4-2-10-23-16(22)24-14-6-8-15(9-7-14)25-17(19,20)21/h1,3,5-9,11H,2,4,10H2,(H3,22,23,24). The van der Waals surface area contributed by atoms with E-state index in [9.17, 15) is 17.6 Å². The first-order chi connectivity index (χ1) is 11.8. The Morgan fingerprint density at radius 1 is 1.12 bits per heavy atom. The van der Waals surface area contributed by atoms with Gasteiger partial charge in [-0.15, -0.1) is 13.2 Å². The Labute approximate surface area is 142 Å². The molecule has 0 amide bonds. The first kappa shape index (κ1) is 18.6. The lowest BCUT2D eigenvalue weighted by Gasteiger charge is -2.10. The van der Waals surface area contributed by atoms with E-state index in [1.165, 1.54) is 36.4 Å². The van der Waals surface area contributed by atoms with E-state index in [0.717, 1.165) is 5.56 Å². The minimum Gasteiger partial charge on any atom is -0.406 e. The molecular formula is C17H17F4N3O. The second kappa shape index (κ2) is 8.36. The van der Waals surface area contributed by atoms with Gasteiger partial charge in [-0.05, 0) is 54.8 Å². The van der Waals surface area contributed by atoms with Gasteiger partial charge in [0.1, 0.15) is 11.6 Å². The number of alkyl halides is 3. The Bertz CT molecular complexity index is 715. The van der Waals surface area contributed by atoms with Gasteiger partial charge in [-0.25, -0.2) is 4.39 Å². The van der Waals surface area contributed by atoms with E-state index in [4.69, 9.17) is 5.73 Å². The number of nitrogens with one attached hydrogen (secondary N) is 1. The quantitative estimate of drug-likeness (QED) is 0.355. The number of nitrogens with zero attached hydrogens (tertiary/aromatic N) is 1. The van der Waals surface area contributed by atoms with Crippen LogP contribution in [0, 0.1) is 5.82 Å². The molecule has 0 aliphatic carbocycles. The smallest absolute Gasteiger partial charge is 0.406 e. The molecule has 0 saturated heterocycles. The van der Waals surface area contributed by atoms with Crippen LogP contribution in [0.3, 0.4) is 0 Å². The molecule has 0 radical (unpaired) electrons. The van der Waals surface area contributed by atoms with Gasteiger partial charge in [0, 0.05) is 12.2 Å². The van der Waals surface area contributed by atoms with Gasteiger partial charge in [-0.2, -0.15) is 0 Å². The van der Waals surface area contributed by atoms with Crippen molar-refractivity contribution in [3.8, 4) is 5.75 Å². The van der Waals surface area contributed by atoms with Crippen LogP contribution >= 0.6 is 0 Å². The van der Waals surface area contributed by atoms with Crippen molar-refractivity contribution in [2.75, 3.05) is 11.9 Å². The maximum absolute atomic E-state index is 13.0. The molecule has 2 rings (SSSR count). The summed E-state index contributed by atoms with van der Waals surface area (Å²) in [5.41, 5.74) is 7.08. The lowest BCUT2D eigenvalue weighted by atomic mass is 10.1. The van der Waals surface area contributed by atoms with Crippen molar-refractivity contribution in [1.29, 1.82) is 0 Å². The number of rotatable bonds is 6. The molecule has 0 fully saturated rings. The summed E-state index contributed by atoms with van der Waals surface area (Å²) >= 11 is 0. The molecule has 0 bridgehead atoms. The van der Waals surface area contributed by atoms with Gasteiger partial charge in [0.05, 0.1) is 0 Å². The number of anilines is 1. The first-order valence-electron chi connectivity index (χ1n) is 7.49. The second-order valence-corrected chi connectivity index (χ2v) is 5.20. The highest BCUT2D eigenvalue weighted by molar-refractivity contribution is 5.92. The van der Waals surface area contributed by atoms with Crippen molar-refractivity contribution in [2.45, 2.75) is 19.2 Å². The monoisotopic (exact) mass is 355 g/mol. The third-order valence-electron chi connectivity index (χ3n) is 3.16. The average molecular weight is 355 g/mol. The van der Waals surface area contributed by atoms with Gasteiger partial charge >= 0.3 is 6.36 Å². The molecule has 4 nitrogen and oxygen atoms in total. The van der Waals surface area contributed by atoms with E-state index in [1.54, 1.807) is 6.07 Å². The van der Waals surface area contributed by atoms with Crippen LogP contribution < -0.4 is 15.8 Å². The fourth-order valence-corrected chi connectivity index (χ4v) is 2.10. The van der Waals surface area contributed by atoms with E-state index in [-0.39, 0.29) is 17.5 Å². The highest BCUT2D eigenvalue weighted by Gasteiger charge is 2.30. The molecule has 0 saturated carbocycles. The van der Waals surface area contributed by atoms with Gasteiger partial charge in [0.2, 0.25) is 0 Å². The predicted octanol–water partition coefficient (Wildman–Crippen LogP) is 4.08. The molecule has 8 heteroatoms. The topological polar surface area (TPSA) is 59.6 Å². The first-order valence-corrected chi connectivity index (χ1v) is 7.49. The molecule has 0 unspecified atom stereocenters. The van der Waals surface area contributed by atoms with Crippen LogP contribution in [0.1, 0.15) is 12.0 Å². The molecular weight excluding hydrogens is 338 g/mol. The van der Waals surface area contributed by atoms with Gasteiger partial charge < -0.3 is 15.8 Å². The third kappa shape index (κ3) is 7.11. The van der Waals surface area contributed by atoms with Crippen molar-refractivity contribution < 1.29 is 22.3 Å². The summed E-state index contributed by atoms with van der Waals surface area (Å²) in [5.74, 6) is -0.451. The number of nitrogens with two attached hydrogens (primary N) is 1. The van der Waals surface area contributed by atoms with Crippen LogP contribution in [-0.4, -0.2) is 18.9 Å². The number of benzene rings is 2. The lowest BCUT2D eigenvalue weighted by molar-refractivity contribution is -0.274. The van der Waals surface area contributed by atoms with Gasteiger partial charge in [0.15, 0.2) is 5.96 Å². The van der Waals surface area contributed by atoms with Crippen LogP contribution in [0.15, 0.2) is 53.5 Å². The third-order valence-corrected chi connectivity index (χ3v) is 3.16. The SMILES string of the molecule is NC(=NCCCc1cccc(F)c1)Nc1ccc(OC(F)(F)F)cc1. The van der Waals surface area contributed by atoms with E-state index in [0.29, 0.717) is 25.1 Å². The highest BCUT2D eigenvalue weighted by atomic mass is 19.4. The van der Waals surface area contributed by atoms with Crippen molar-refractivity contribution in [1.82, 2.24) is 0 Å². The number of guanidine groups is 1. The van der Waals surface area contributed by atoms with Gasteiger partial charge in [0.25, 0.3) is 0 Å². The molecule has 3 N–H and O–H groups in total. The van der Waals surface area contributed by atoms with Gasteiger partial charge in [-0.3, -0.25) is 4.99 Å². The van der Waals surface area contributed by atoms with Gasteiger partial charge in [-0.1, -0.05) is 12.1 Å². The molecule has 0 heterocycles. The summed E-state index contributed by atoms with van der Waals surface area (Å²) in [4.78, 5) is 4.12. The number of hydrogen-bond donors (Lipinski definition) is 2. The van der Waals surface area contributed by atoms with Crippen molar-refractivity contribution in [2.24, 2.45) is 10.7 Å². The Morgan fingerprint density at radius 2 is 1.84 bits per heavy atom. The Balaban J connectivity index is 1.78. The minimum absolute atomic E-state index is 0.142. The number of aryl methyl sites for hydroxylation is 1. The number of ether oxygens (including phenoxy) is 1. The van der Waals surface area contributed by atoms with E-state index in [2.05, 4.69) is 15.0 Å². The summed E-state index contributed by atoms with van der Waals surface area (Å²) in [6.07, 6.45) is -3.38. The summed E-state index contributed by atoms with van der Waals surface area (Å²) < 4.78 is 53.0. The second-order valence-electron chi connectivity index (χ2n) is 5.20. The van der Waals surface area contributed by atoms with Crippen molar-refractivity contribution in [3.63, 3.8) is 0 Å². The Kier molecular flexibility index (Phi) is 6.21. The Morgan fingerprint density at radius 3 is 2.48 bits per heavy atom. The van der Waals surface area contributed by atoms with Crippen molar-refractivity contribution >= 4 is 11.6 Å². The molecule has 25 heavy (non-hydrogen) atoms. The summed E-state index contributed by atoms with van der Waals surface area (Å²) in [5, 5.41) is 2.77. The molecule has 0 atom stereocenters. The zero-order chi connectivity index (χ0) is 18.3. The summed E-state index contributed by atoms with van der Waals surface area (Å²) in [6, 6.07) is 11.5. The fraction of sp³-hybridized carbons (Fsp3) is 0.235. The number of hydrogen-bond acceptors (Lipinski definition) is 2. The molecule has 134 valence electrons. The van der Waals surface area contributed by atoms with Crippen LogP contribution in [0.25, 0.3) is 0 Å². The van der Waals surface area contributed by atoms with Crippen LogP contribution in [0.5, 0.6) is 5.75 Å². The van der Waals surface area contributed by atoms with E-state index in [1.807, 2.05) is 6.07 Å². The molecule has 0 spiro atoms. The maximum Gasteiger partial charge on any atom is 0.573 e. The van der Waals surface area contributed by atoms with Crippen LogP contribution in [0.4, 0.5) is 23.2 Å². The highest BCUT2D eigenvalue weighted by Crippen LogP contribution is 2.23. The van der Waals surface area contributed by atoms with Crippen LogP contribution in [-0.2, 0) is 6.42 Å². The van der Waals surface area contributed by atoms with E-state index >= 15 is 0 Å². The van der Waals surface area contributed by atoms with E-state index < -0.39 is 6.36 Å². The average Bonchev–Trinajstić information content (AvgIpc) is 2.52. The lowest BCUT2D eigenvalue weighted by Crippen LogP contribution is -2.23.